The summed E-state index contributed by atoms with van der Waals surface area (Å²) in [5.41, 5.74) is 7.70. The zero-order chi connectivity index (χ0) is 15.4. The van der Waals surface area contributed by atoms with Crippen LogP contribution in [0.2, 0.25) is 10.0 Å². The molecule has 2 rings (SSSR count). The molecule has 0 amide bonds. The normalized spacial score (nSPS) is 12.4. The molecule has 21 heavy (non-hydrogen) atoms. The predicted molar refractivity (Wildman–Crippen MR) is 90.9 cm³/mol. The van der Waals surface area contributed by atoms with Crippen LogP contribution in [0, 0.1) is 13.8 Å². The average molecular weight is 323 g/mol. The highest BCUT2D eigenvalue weighted by atomic mass is 35.5. The Morgan fingerprint density at radius 2 is 1.71 bits per heavy atom. The summed E-state index contributed by atoms with van der Waals surface area (Å²) in [6.45, 7) is 4.21. The summed E-state index contributed by atoms with van der Waals surface area (Å²) < 4.78 is 0. The van der Waals surface area contributed by atoms with Crippen LogP contribution in [-0.2, 0) is 12.8 Å². The van der Waals surface area contributed by atoms with Gasteiger partial charge in [0.1, 0.15) is 0 Å². The van der Waals surface area contributed by atoms with E-state index in [0.29, 0.717) is 10.0 Å². The quantitative estimate of drug-likeness (QED) is 0.638. The zero-order valence-electron chi connectivity index (χ0n) is 12.3. The Labute approximate surface area is 136 Å². The van der Waals surface area contributed by atoms with Crippen molar-refractivity contribution in [1.29, 1.82) is 0 Å². The number of nitrogens with two attached hydrogens (primary N) is 1. The highest BCUT2D eigenvalue weighted by Gasteiger charge is 2.13. The van der Waals surface area contributed by atoms with E-state index in [2.05, 4.69) is 37.5 Å². The molecule has 0 aromatic heterocycles. The van der Waals surface area contributed by atoms with Crippen LogP contribution in [0.25, 0.3) is 0 Å². The number of halogens is 2. The Balaban J connectivity index is 2.15. The van der Waals surface area contributed by atoms with Crippen LogP contribution < -0.4 is 11.3 Å². The molecule has 2 nitrogen and oxygen atoms in total. The molecule has 1 unspecified atom stereocenters. The van der Waals surface area contributed by atoms with Crippen LogP contribution in [0.4, 0.5) is 0 Å². The molecule has 0 radical (unpaired) electrons. The van der Waals surface area contributed by atoms with Crippen LogP contribution in [-0.4, -0.2) is 6.04 Å². The summed E-state index contributed by atoms with van der Waals surface area (Å²) in [4.78, 5) is 0. The van der Waals surface area contributed by atoms with Crippen molar-refractivity contribution in [3.05, 3.63) is 68.7 Å². The summed E-state index contributed by atoms with van der Waals surface area (Å²) in [5.74, 6) is 5.71. The lowest BCUT2D eigenvalue weighted by Crippen LogP contribution is -2.38. The van der Waals surface area contributed by atoms with Gasteiger partial charge in [-0.25, -0.2) is 0 Å². The number of benzene rings is 2. The largest absolute Gasteiger partial charge is 0.271 e. The van der Waals surface area contributed by atoms with Gasteiger partial charge < -0.3 is 0 Å². The van der Waals surface area contributed by atoms with E-state index in [1.54, 1.807) is 6.07 Å². The molecule has 112 valence electrons. The number of nitrogens with one attached hydrogen (secondary N) is 1. The topological polar surface area (TPSA) is 38.0 Å². The molecule has 1 atom stereocenters. The first-order chi connectivity index (χ1) is 9.99. The van der Waals surface area contributed by atoms with Crippen molar-refractivity contribution in [3.8, 4) is 0 Å². The van der Waals surface area contributed by atoms with E-state index in [1.165, 1.54) is 16.7 Å². The van der Waals surface area contributed by atoms with E-state index in [9.17, 15) is 0 Å². The van der Waals surface area contributed by atoms with Crippen LogP contribution in [0.5, 0.6) is 0 Å². The molecule has 2 aromatic rings. The molecule has 0 aliphatic heterocycles. The number of hydrazine groups is 1. The highest BCUT2D eigenvalue weighted by molar-refractivity contribution is 6.42. The minimum absolute atomic E-state index is 0.113. The highest BCUT2D eigenvalue weighted by Crippen LogP contribution is 2.26. The van der Waals surface area contributed by atoms with E-state index >= 15 is 0 Å². The molecule has 0 bridgehead atoms. The van der Waals surface area contributed by atoms with Crippen molar-refractivity contribution >= 4 is 23.2 Å². The summed E-state index contributed by atoms with van der Waals surface area (Å²) >= 11 is 12.3. The van der Waals surface area contributed by atoms with E-state index < -0.39 is 0 Å². The van der Waals surface area contributed by atoms with E-state index in [1.807, 2.05) is 12.1 Å². The predicted octanol–water partition coefficient (Wildman–Crippen LogP) is 4.23. The lowest BCUT2D eigenvalue weighted by Gasteiger charge is -2.18. The van der Waals surface area contributed by atoms with E-state index in [4.69, 9.17) is 29.0 Å². The average Bonchev–Trinajstić information content (AvgIpc) is 2.42. The van der Waals surface area contributed by atoms with Gasteiger partial charge in [0.05, 0.1) is 10.0 Å². The summed E-state index contributed by atoms with van der Waals surface area (Å²) in [5, 5.41) is 1.19. The molecule has 0 saturated carbocycles. The van der Waals surface area contributed by atoms with Gasteiger partial charge in [-0.3, -0.25) is 11.3 Å². The first-order valence-electron chi connectivity index (χ1n) is 6.95. The zero-order valence-corrected chi connectivity index (χ0v) is 13.8. The number of aryl methyl sites for hydroxylation is 2. The molecule has 0 aliphatic rings. The summed E-state index contributed by atoms with van der Waals surface area (Å²) in [6.07, 6.45) is 1.59. The van der Waals surface area contributed by atoms with Crippen LogP contribution in [0.3, 0.4) is 0 Å². The monoisotopic (exact) mass is 322 g/mol. The Morgan fingerprint density at radius 3 is 2.33 bits per heavy atom. The fourth-order valence-corrected chi connectivity index (χ4v) is 3.03. The smallest absolute Gasteiger partial charge is 0.0624 e. The van der Waals surface area contributed by atoms with Crippen molar-refractivity contribution in [3.63, 3.8) is 0 Å². The van der Waals surface area contributed by atoms with E-state index in [-0.39, 0.29) is 6.04 Å². The molecule has 0 saturated heterocycles. The first-order valence-corrected chi connectivity index (χ1v) is 7.71. The molecule has 0 heterocycles. The Bertz CT molecular complexity index is 606. The second-order valence-electron chi connectivity index (χ2n) is 5.48. The van der Waals surface area contributed by atoms with Crippen molar-refractivity contribution in [2.24, 2.45) is 5.84 Å². The lowest BCUT2D eigenvalue weighted by molar-refractivity contribution is 0.522. The molecule has 0 fully saturated rings. The Morgan fingerprint density at radius 1 is 1.05 bits per heavy atom. The van der Waals surface area contributed by atoms with Gasteiger partial charge in [-0.1, -0.05) is 64.7 Å². The van der Waals surface area contributed by atoms with Gasteiger partial charge >= 0.3 is 0 Å². The SMILES string of the molecule is Cc1cc(C)cc(CC(Cc2cccc(Cl)c2Cl)NN)c1. The van der Waals surface area contributed by atoms with Gasteiger partial charge in [0.25, 0.3) is 0 Å². The van der Waals surface area contributed by atoms with Gasteiger partial charge in [0.2, 0.25) is 0 Å². The molecule has 4 heteroatoms. The molecule has 2 aromatic carbocycles. The summed E-state index contributed by atoms with van der Waals surface area (Å²) in [6, 6.07) is 12.4. The maximum absolute atomic E-state index is 6.25. The minimum Gasteiger partial charge on any atom is -0.271 e. The van der Waals surface area contributed by atoms with Gasteiger partial charge in [-0.05, 0) is 43.9 Å². The van der Waals surface area contributed by atoms with Gasteiger partial charge in [0, 0.05) is 6.04 Å². The first kappa shape index (κ1) is 16.3. The third-order valence-electron chi connectivity index (χ3n) is 3.50. The number of hydrogen-bond donors (Lipinski definition) is 2. The maximum Gasteiger partial charge on any atom is 0.0624 e. The fourth-order valence-electron chi connectivity index (χ4n) is 2.63. The number of hydrogen-bond acceptors (Lipinski definition) is 2. The van der Waals surface area contributed by atoms with Gasteiger partial charge in [-0.2, -0.15) is 0 Å². The van der Waals surface area contributed by atoms with Crippen molar-refractivity contribution < 1.29 is 0 Å². The minimum atomic E-state index is 0.113. The van der Waals surface area contributed by atoms with Gasteiger partial charge in [0.15, 0.2) is 0 Å². The van der Waals surface area contributed by atoms with Crippen molar-refractivity contribution in [2.45, 2.75) is 32.7 Å². The van der Waals surface area contributed by atoms with Crippen LogP contribution in [0.15, 0.2) is 36.4 Å². The van der Waals surface area contributed by atoms with Crippen LogP contribution in [0.1, 0.15) is 22.3 Å². The molecular formula is C17H20Cl2N2. The summed E-state index contributed by atoms with van der Waals surface area (Å²) in [7, 11) is 0. The number of rotatable bonds is 5. The van der Waals surface area contributed by atoms with E-state index in [0.717, 1.165) is 18.4 Å². The molecule has 0 aliphatic carbocycles. The Hall–Kier alpha value is -1.06. The third-order valence-corrected chi connectivity index (χ3v) is 4.36. The lowest BCUT2D eigenvalue weighted by atomic mass is 9.97. The standard InChI is InChI=1S/C17H20Cl2N2/c1-11-6-12(2)8-13(7-11)9-15(21-20)10-14-4-3-5-16(18)17(14)19/h3-8,15,21H,9-10,20H2,1-2H3. The molecule has 0 spiro atoms. The van der Waals surface area contributed by atoms with Gasteiger partial charge in [-0.15, -0.1) is 0 Å². The maximum atomic E-state index is 6.25. The Kier molecular flexibility index (Phi) is 5.65. The molecule has 3 N–H and O–H groups in total. The second-order valence-corrected chi connectivity index (χ2v) is 6.27. The van der Waals surface area contributed by atoms with Crippen molar-refractivity contribution in [2.75, 3.05) is 0 Å². The third kappa shape index (κ3) is 4.45. The van der Waals surface area contributed by atoms with Crippen molar-refractivity contribution in [1.82, 2.24) is 5.43 Å². The fraction of sp³-hybridized carbons (Fsp3) is 0.294. The second kappa shape index (κ2) is 7.28. The molecular weight excluding hydrogens is 303 g/mol. The van der Waals surface area contributed by atoms with Crippen LogP contribution >= 0.6 is 23.2 Å².